The third-order valence-corrected chi connectivity index (χ3v) is 2.71. The fourth-order valence-corrected chi connectivity index (χ4v) is 1.48. The molecule has 3 N–H and O–H groups in total. The normalized spacial score (nSPS) is 10.9. The number of amides is 1. The van der Waals surface area contributed by atoms with Crippen LogP contribution < -0.4 is 16.0 Å². The van der Waals surface area contributed by atoms with Crippen molar-refractivity contribution < 1.29 is 14.5 Å². The molecule has 0 atom stereocenters. The van der Waals surface area contributed by atoms with Crippen molar-refractivity contribution >= 4 is 11.6 Å². The van der Waals surface area contributed by atoms with Gasteiger partial charge in [-0.25, -0.2) is 5.84 Å². The quantitative estimate of drug-likeness (QED) is 0.362. The zero-order valence-corrected chi connectivity index (χ0v) is 11.1. The summed E-state index contributed by atoms with van der Waals surface area (Å²) in [6.07, 6.45) is 0. The van der Waals surface area contributed by atoms with Crippen LogP contribution in [-0.4, -0.2) is 17.4 Å². The number of carbonyl (C=O) groups is 1. The highest BCUT2D eigenvalue weighted by atomic mass is 16.6. The van der Waals surface area contributed by atoms with Gasteiger partial charge in [-0.1, -0.05) is 12.1 Å². The van der Waals surface area contributed by atoms with Crippen LogP contribution in [0.2, 0.25) is 0 Å². The molecule has 1 aromatic carbocycles. The summed E-state index contributed by atoms with van der Waals surface area (Å²) in [6.45, 7) is 4.97. The number of rotatable bonds is 5. The number of ether oxygens (including phenoxy) is 1. The van der Waals surface area contributed by atoms with E-state index in [0.717, 1.165) is 0 Å². The summed E-state index contributed by atoms with van der Waals surface area (Å²) in [5.74, 6) is 4.84. The van der Waals surface area contributed by atoms with E-state index in [4.69, 9.17) is 10.6 Å². The molecule has 0 saturated carbocycles. The molecule has 0 unspecified atom stereocenters. The van der Waals surface area contributed by atoms with E-state index < -0.39 is 16.2 Å². The fourth-order valence-electron chi connectivity index (χ4n) is 1.48. The lowest BCUT2D eigenvalue weighted by Gasteiger charge is -2.22. The van der Waals surface area contributed by atoms with Gasteiger partial charge in [0.05, 0.1) is 10.3 Å². The maximum atomic E-state index is 11.5. The van der Waals surface area contributed by atoms with Crippen LogP contribution >= 0.6 is 0 Å². The molecule has 0 heterocycles. The van der Waals surface area contributed by atoms with Crippen LogP contribution in [0.5, 0.6) is 5.75 Å². The van der Waals surface area contributed by atoms with E-state index in [1.807, 2.05) is 5.43 Å². The molecule has 7 nitrogen and oxygen atoms in total. The predicted molar refractivity (Wildman–Crippen MR) is 69.4 cm³/mol. The van der Waals surface area contributed by atoms with E-state index in [0.29, 0.717) is 5.56 Å². The molecule has 0 aliphatic carbocycles. The number of benzene rings is 1. The Balaban J connectivity index is 2.95. The number of nitrogens with two attached hydrogens (primary N) is 1. The molecule has 0 saturated heterocycles. The van der Waals surface area contributed by atoms with Gasteiger partial charge in [-0.3, -0.25) is 20.3 Å². The van der Waals surface area contributed by atoms with Crippen LogP contribution in [0.4, 0.5) is 5.69 Å². The number of nitrogens with one attached hydrogen (secondary N) is 1. The first-order valence-corrected chi connectivity index (χ1v) is 5.67. The van der Waals surface area contributed by atoms with Gasteiger partial charge >= 0.3 is 5.69 Å². The highest BCUT2D eigenvalue weighted by molar-refractivity contribution is 5.81. The topological polar surface area (TPSA) is 107 Å². The number of nitro groups is 1. The number of hydrogen-bond donors (Lipinski definition) is 2. The SMILES string of the molecule is Cc1cccc([N+](=O)[O-])c1OCC(C)(C)C(=O)NN. The number of para-hydroxylation sites is 1. The molecule has 0 aromatic heterocycles. The standard InChI is InChI=1S/C12H17N3O4/c1-8-5-4-6-9(15(17)18)10(8)19-7-12(2,3)11(16)14-13/h4-6H,7,13H2,1-3H3,(H,14,16). The van der Waals surface area contributed by atoms with Crippen LogP contribution in [0.1, 0.15) is 19.4 Å². The molecule has 7 heteroatoms. The van der Waals surface area contributed by atoms with Gasteiger partial charge in [0.1, 0.15) is 6.61 Å². The van der Waals surface area contributed by atoms with Crippen LogP contribution in [0, 0.1) is 22.5 Å². The summed E-state index contributed by atoms with van der Waals surface area (Å²) >= 11 is 0. The molecular weight excluding hydrogens is 250 g/mol. The van der Waals surface area contributed by atoms with Gasteiger partial charge in [-0.05, 0) is 26.3 Å². The second-order valence-electron chi connectivity index (χ2n) is 4.83. The monoisotopic (exact) mass is 267 g/mol. The Morgan fingerprint density at radius 1 is 1.53 bits per heavy atom. The van der Waals surface area contributed by atoms with Gasteiger partial charge in [0, 0.05) is 6.07 Å². The van der Waals surface area contributed by atoms with Gasteiger partial charge < -0.3 is 4.74 Å². The Bertz CT molecular complexity index is 500. The van der Waals surface area contributed by atoms with Crippen molar-refractivity contribution in [3.05, 3.63) is 33.9 Å². The molecule has 0 spiro atoms. The Morgan fingerprint density at radius 3 is 2.68 bits per heavy atom. The molecule has 1 amide bonds. The largest absolute Gasteiger partial charge is 0.486 e. The van der Waals surface area contributed by atoms with Gasteiger partial charge in [-0.2, -0.15) is 0 Å². The van der Waals surface area contributed by atoms with E-state index in [1.165, 1.54) is 6.07 Å². The zero-order valence-electron chi connectivity index (χ0n) is 11.1. The Kier molecular flexibility index (Phi) is 4.44. The molecule has 0 fully saturated rings. The van der Waals surface area contributed by atoms with Crippen molar-refractivity contribution in [3.63, 3.8) is 0 Å². The number of nitrogens with zero attached hydrogens (tertiary/aromatic N) is 1. The molecule has 0 bridgehead atoms. The highest BCUT2D eigenvalue weighted by Crippen LogP contribution is 2.31. The summed E-state index contributed by atoms with van der Waals surface area (Å²) in [4.78, 5) is 21.9. The third kappa shape index (κ3) is 3.41. The Hall–Kier alpha value is -2.15. The molecule has 1 aromatic rings. The number of nitro benzene ring substituents is 1. The van der Waals surface area contributed by atoms with Crippen LogP contribution in [-0.2, 0) is 4.79 Å². The van der Waals surface area contributed by atoms with Crippen LogP contribution in [0.25, 0.3) is 0 Å². The predicted octanol–water partition coefficient (Wildman–Crippen LogP) is 1.30. The van der Waals surface area contributed by atoms with Crippen molar-refractivity contribution in [2.75, 3.05) is 6.61 Å². The lowest BCUT2D eigenvalue weighted by Crippen LogP contribution is -2.44. The third-order valence-electron chi connectivity index (χ3n) is 2.71. The van der Waals surface area contributed by atoms with Crippen LogP contribution in [0.15, 0.2) is 18.2 Å². The highest BCUT2D eigenvalue weighted by Gasteiger charge is 2.29. The first-order chi connectivity index (χ1) is 8.79. The van der Waals surface area contributed by atoms with E-state index in [9.17, 15) is 14.9 Å². The molecule has 104 valence electrons. The molecule has 0 aliphatic rings. The number of hydrogen-bond acceptors (Lipinski definition) is 5. The van der Waals surface area contributed by atoms with Gasteiger partial charge in [0.25, 0.3) is 0 Å². The second kappa shape index (κ2) is 5.66. The van der Waals surface area contributed by atoms with E-state index >= 15 is 0 Å². The van der Waals surface area contributed by atoms with Gasteiger partial charge in [-0.15, -0.1) is 0 Å². The van der Waals surface area contributed by atoms with Crippen LogP contribution in [0.3, 0.4) is 0 Å². The lowest BCUT2D eigenvalue weighted by molar-refractivity contribution is -0.386. The first-order valence-electron chi connectivity index (χ1n) is 5.67. The maximum Gasteiger partial charge on any atom is 0.311 e. The Morgan fingerprint density at radius 2 is 2.16 bits per heavy atom. The van der Waals surface area contributed by atoms with E-state index in [1.54, 1.807) is 32.9 Å². The van der Waals surface area contributed by atoms with Crippen molar-refractivity contribution in [1.29, 1.82) is 0 Å². The number of carbonyl (C=O) groups excluding carboxylic acids is 1. The Labute approximate surface area is 110 Å². The number of hydrazine groups is 1. The minimum Gasteiger partial charge on any atom is -0.486 e. The molecule has 19 heavy (non-hydrogen) atoms. The number of aryl methyl sites for hydroxylation is 1. The summed E-state index contributed by atoms with van der Waals surface area (Å²) in [5.41, 5.74) is 1.67. The van der Waals surface area contributed by atoms with Crippen molar-refractivity contribution in [3.8, 4) is 5.75 Å². The molecule has 0 aliphatic heterocycles. The fraction of sp³-hybridized carbons (Fsp3) is 0.417. The average Bonchev–Trinajstić information content (AvgIpc) is 2.35. The van der Waals surface area contributed by atoms with Crippen molar-refractivity contribution in [2.45, 2.75) is 20.8 Å². The molecule has 1 rings (SSSR count). The van der Waals surface area contributed by atoms with E-state index in [2.05, 4.69) is 0 Å². The summed E-state index contributed by atoms with van der Waals surface area (Å²) in [6, 6.07) is 4.65. The summed E-state index contributed by atoms with van der Waals surface area (Å²) < 4.78 is 5.46. The second-order valence-corrected chi connectivity index (χ2v) is 4.83. The van der Waals surface area contributed by atoms with Crippen molar-refractivity contribution in [1.82, 2.24) is 5.43 Å². The average molecular weight is 267 g/mol. The minimum atomic E-state index is -0.884. The van der Waals surface area contributed by atoms with Gasteiger partial charge in [0.15, 0.2) is 5.75 Å². The summed E-state index contributed by atoms with van der Waals surface area (Å²) in [5, 5.41) is 10.9. The zero-order chi connectivity index (χ0) is 14.6. The maximum absolute atomic E-state index is 11.5. The van der Waals surface area contributed by atoms with E-state index in [-0.39, 0.29) is 18.0 Å². The minimum absolute atomic E-state index is 0.0122. The smallest absolute Gasteiger partial charge is 0.311 e. The first kappa shape index (κ1) is 14.9. The molecular formula is C12H17N3O4. The summed E-state index contributed by atoms with van der Waals surface area (Å²) in [7, 11) is 0. The van der Waals surface area contributed by atoms with Gasteiger partial charge in [0.2, 0.25) is 5.91 Å². The molecule has 0 radical (unpaired) electrons. The lowest BCUT2D eigenvalue weighted by atomic mass is 9.94. The van der Waals surface area contributed by atoms with Crippen molar-refractivity contribution in [2.24, 2.45) is 11.3 Å².